The van der Waals surface area contributed by atoms with E-state index >= 15 is 0 Å². The summed E-state index contributed by atoms with van der Waals surface area (Å²) < 4.78 is 0. The molecular formula is C17H22N4. The van der Waals surface area contributed by atoms with Crippen LogP contribution < -0.4 is 10.6 Å². The van der Waals surface area contributed by atoms with E-state index in [2.05, 4.69) is 53.2 Å². The zero-order chi connectivity index (χ0) is 14.8. The number of hydrogen-bond donors (Lipinski definition) is 1. The minimum atomic E-state index is 0.522. The van der Waals surface area contributed by atoms with Gasteiger partial charge in [0, 0.05) is 25.2 Å². The summed E-state index contributed by atoms with van der Waals surface area (Å²) in [5, 5.41) is 8.93. The molecule has 0 saturated carbocycles. The van der Waals surface area contributed by atoms with Crippen LogP contribution in [0.25, 0.3) is 0 Å². The molecule has 0 atom stereocenters. The molecule has 0 unspecified atom stereocenters. The van der Waals surface area contributed by atoms with Gasteiger partial charge in [-0.25, -0.2) is 0 Å². The molecule has 110 valence electrons. The first kappa shape index (κ1) is 14.0. The van der Waals surface area contributed by atoms with Crippen LogP contribution in [0, 0.1) is 0 Å². The van der Waals surface area contributed by atoms with Gasteiger partial charge in [0.05, 0.1) is 5.69 Å². The van der Waals surface area contributed by atoms with Gasteiger partial charge < -0.3 is 10.6 Å². The molecule has 1 aliphatic rings. The number of nitrogens with zero attached hydrogens (tertiary/aromatic N) is 3. The second kappa shape index (κ2) is 5.82. The standard InChI is InChI=1S/C17H22N4/c1-3-14-15(9-18)17(20-19-16(14)4-2)21-10-12-7-5-6-8-13(12)11-21/h5-8H,3-4,9-11,18H2,1-2H3. The summed E-state index contributed by atoms with van der Waals surface area (Å²) in [4.78, 5) is 2.29. The number of nitrogens with two attached hydrogens (primary N) is 1. The Bertz CT molecular complexity index is 626. The van der Waals surface area contributed by atoms with E-state index in [1.54, 1.807) is 0 Å². The third-order valence-corrected chi connectivity index (χ3v) is 4.28. The van der Waals surface area contributed by atoms with Gasteiger partial charge >= 0.3 is 0 Å². The van der Waals surface area contributed by atoms with Crippen molar-refractivity contribution in [3.8, 4) is 0 Å². The van der Waals surface area contributed by atoms with Gasteiger partial charge in [-0.2, -0.15) is 5.10 Å². The van der Waals surface area contributed by atoms with Crippen molar-refractivity contribution in [2.24, 2.45) is 5.73 Å². The molecule has 2 N–H and O–H groups in total. The monoisotopic (exact) mass is 282 g/mol. The van der Waals surface area contributed by atoms with Gasteiger partial charge in [0.15, 0.2) is 5.82 Å². The van der Waals surface area contributed by atoms with E-state index in [9.17, 15) is 0 Å². The average molecular weight is 282 g/mol. The molecule has 2 aromatic rings. The Balaban J connectivity index is 2.01. The number of benzene rings is 1. The summed E-state index contributed by atoms with van der Waals surface area (Å²) in [5.74, 6) is 0.961. The maximum absolute atomic E-state index is 6.03. The van der Waals surface area contributed by atoms with Gasteiger partial charge in [-0.05, 0) is 29.5 Å². The maximum atomic E-state index is 6.03. The van der Waals surface area contributed by atoms with Crippen LogP contribution in [-0.2, 0) is 32.5 Å². The van der Waals surface area contributed by atoms with E-state index in [0.717, 1.165) is 43.0 Å². The van der Waals surface area contributed by atoms with E-state index in [0.29, 0.717) is 6.54 Å². The van der Waals surface area contributed by atoms with Gasteiger partial charge in [-0.1, -0.05) is 38.1 Å². The Morgan fingerprint density at radius 2 is 1.67 bits per heavy atom. The molecule has 3 rings (SSSR count). The average Bonchev–Trinajstić information content (AvgIpc) is 2.96. The summed E-state index contributed by atoms with van der Waals surface area (Å²) in [7, 11) is 0. The molecule has 0 radical (unpaired) electrons. The maximum Gasteiger partial charge on any atom is 0.156 e. The predicted molar refractivity (Wildman–Crippen MR) is 85.0 cm³/mol. The van der Waals surface area contributed by atoms with Crippen molar-refractivity contribution in [2.45, 2.75) is 46.3 Å². The molecular weight excluding hydrogens is 260 g/mol. The van der Waals surface area contributed by atoms with Crippen LogP contribution in [0.15, 0.2) is 24.3 Å². The Kier molecular flexibility index (Phi) is 3.88. The number of anilines is 1. The number of aromatic nitrogens is 2. The van der Waals surface area contributed by atoms with E-state index in [1.165, 1.54) is 16.7 Å². The molecule has 0 aliphatic carbocycles. The number of fused-ring (bicyclic) bond motifs is 1. The molecule has 0 bridgehead atoms. The van der Waals surface area contributed by atoms with Crippen LogP contribution in [0.5, 0.6) is 0 Å². The lowest BCUT2D eigenvalue weighted by Gasteiger charge is -2.22. The lowest BCUT2D eigenvalue weighted by molar-refractivity contribution is 0.776. The highest BCUT2D eigenvalue weighted by Crippen LogP contribution is 2.31. The SMILES string of the molecule is CCc1nnc(N2Cc3ccccc3C2)c(CN)c1CC. The molecule has 0 spiro atoms. The van der Waals surface area contributed by atoms with Crippen molar-refractivity contribution in [3.63, 3.8) is 0 Å². The Hall–Kier alpha value is -1.94. The first-order valence-corrected chi connectivity index (χ1v) is 7.67. The number of hydrogen-bond acceptors (Lipinski definition) is 4. The second-order valence-electron chi connectivity index (χ2n) is 5.46. The van der Waals surface area contributed by atoms with Crippen molar-refractivity contribution < 1.29 is 0 Å². The molecule has 2 heterocycles. The molecule has 0 saturated heterocycles. The fraction of sp³-hybridized carbons (Fsp3) is 0.412. The van der Waals surface area contributed by atoms with Crippen molar-refractivity contribution in [1.29, 1.82) is 0 Å². The van der Waals surface area contributed by atoms with Gasteiger partial charge in [0.2, 0.25) is 0 Å². The van der Waals surface area contributed by atoms with Crippen molar-refractivity contribution in [2.75, 3.05) is 4.90 Å². The van der Waals surface area contributed by atoms with Crippen molar-refractivity contribution in [3.05, 3.63) is 52.2 Å². The highest BCUT2D eigenvalue weighted by molar-refractivity contribution is 5.54. The summed E-state index contributed by atoms with van der Waals surface area (Å²) in [6, 6.07) is 8.56. The van der Waals surface area contributed by atoms with Crippen molar-refractivity contribution >= 4 is 5.82 Å². The van der Waals surface area contributed by atoms with E-state index in [4.69, 9.17) is 5.73 Å². The molecule has 1 aromatic heterocycles. The van der Waals surface area contributed by atoms with Crippen LogP contribution in [0.1, 0.15) is 41.8 Å². The molecule has 0 fully saturated rings. The number of rotatable bonds is 4. The summed E-state index contributed by atoms with van der Waals surface area (Å²) >= 11 is 0. The van der Waals surface area contributed by atoms with Crippen LogP contribution in [-0.4, -0.2) is 10.2 Å². The fourth-order valence-corrected chi connectivity index (χ4v) is 3.19. The van der Waals surface area contributed by atoms with Gasteiger partial charge in [-0.3, -0.25) is 0 Å². The minimum absolute atomic E-state index is 0.522. The fourth-order valence-electron chi connectivity index (χ4n) is 3.19. The zero-order valence-electron chi connectivity index (χ0n) is 12.8. The normalized spacial score (nSPS) is 13.6. The molecule has 0 amide bonds. The summed E-state index contributed by atoms with van der Waals surface area (Å²) in [5.41, 5.74) is 12.3. The Labute approximate surface area is 126 Å². The third-order valence-electron chi connectivity index (χ3n) is 4.28. The highest BCUT2D eigenvalue weighted by atomic mass is 15.3. The van der Waals surface area contributed by atoms with Gasteiger partial charge in [0.25, 0.3) is 0 Å². The van der Waals surface area contributed by atoms with Crippen LogP contribution in [0.2, 0.25) is 0 Å². The first-order valence-electron chi connectivity index (χ1n) is 7.67. The van der Waals surface area contributed by atoms with Crippen LogP contribution in [0.3, 0.4) is 0 Å². The summed E-state index contributed by atoms with van der Waals surface area (Å²) in [6.45, 7) is 6.60. The van der Waals surface area contributed by atoms with Crippen LogP contribution >= 0.6 is 0 Å². The van der Waals surface area contributed by atoms with Gasteiger partial charge in [0.1, 0.15) is 0 Å². The smallest absolute Gasteiger partial charge is 0.156 e. The minimum Gasteiger partial charge on any atom is -0.346 e. The topological polar surface area (TPSA) is 55.0 Å². The van der Waals surface area contributed by atoms with E-state index in [-0.39, 0.29) is 0 Å². The zero-order valence-corrected chi connectivity index (χ0v) is 12.8. The largest absolute Gasteiger partial charge is 0.346 e. The Morgan fingerprint density at radius 3 is 2.19 bits per heavy atom. The molecule has 1 aliphatic heterocycles. The van der Waals surface area contributed by atoms with E-state index in [1.807, 2.05) is 0 Å². The second-order valence-corrected chi connectivity index (χ2v) is 5.46. The lowest BCUT2D eigenvalue weighted by Crippen LogP contribution is -2.22. The summed E-state index contributed by atoms with van der Waals surface area (Å²) in [6.07, 6.45) is 1.86. The molecule has 21 heavy (non-hydrogen) atoms. The molecule has 1 aromatic carbocycles. The molecule has 4 heteroatoms. The first-order chi connectivity index (χ1) is 10.3. The highest BCUT2D eigenvalue weighted by Gasteiger charge is 2.24. The predicted octanol–water partition coefficient (Wildman–Crippen LogP) is 2.58. The van der Waals surface area contributed by atoms with Crippen molar-refractivity contribution in [1.82, 2.24) is 10.2 Å². The van der Waals surface area contributed by atoms with Crippen LogP contribution in [0.4, 0.5) is 5.82 Å². The van der Waals surface area contributed by atoms with Gasteiger partial charge in [-0.15, -0.1) is 5.10 Å². The quantitative estimate of drug-likeness (QED) is 0.936. The lowest BCUT2D eigenvalue weighted by atomic mass is 10.0. The third kappa shape index (κ3) is 2.40. The molecule has 4 nitrogen and oxygen atoms in total. The van der Waals surface area contributed by atoms with E-state index < -0.39 is 0 Å². The number of aryl methyl sites for hydroxylation is 1. The Morgan fingerprint density at radius 1 is 1.00 bits per heavy atom.